The molecule has 0 atom stereocenters. The Balaban J connectivity index is 2.49. The molecule has 0 heterocycles. The number of aryl methyl sites for hydroxylation is 1. The fraction of sp³-hybridized carbons (Fsp3) is 0.111. The molecule has 0 bridgehead atoms. The standard InChI is InChI=1S/C18H17NO4S/c1-14-8-10-16(11-9-14)24(21,22)19-17(12-13-18(20)23-2)15-6-4-3-5-7-15/h3-13H,1-2H3/b13-12+,19-17-. The van der Waals surface area contributed by atoms with Crippen molar-refractivity contribution in [2.45, 2.75) is 11.8 Å². The van der Waals surface area contributed by atoms with Gasteiger partial charge < -0.3 is 4.74 Å². The zero-order valence-electron chi connectivity index (χ0n) is 13.3. The van der Waals surface area contributed by atoms with Crippen LogP contribution in [0.2, 0.25) is 0 Å². The van der Waals surface area contributed by atoms with E-state index < -0.39 is 16.0 Å². The van der Waals surface area contributed by atoms with Gasteiger partial charge in [-0.25, -0.2) is 4.79 Å². The number of ether oxygens (including phenoxy) is 1. The lowest BCUT2D eigenvalue weighted by Crippen LogP contribution is -2.06. The molecule has 0 aliphatic heterocycles. The summed E-state index contributed by atoms with van der Waals surface area (Å²) >= 11 is 0. The van der Waals surface area contributed by atoms with Gasteiger partial charge in [-0.1, -0.05) is 48.0 Å². The molecule has 0 unspecified atom stereocenters. The van der Waals surface area contributed by atoms with Crippen molar-refractivity contribution in [1.29, 1.82) is 0 Å². The van der Waals surface area contributed by atoms with Crippen LogP contribution < -0.4 is 0 Å². The van der Waals surface area contributed by atoms with Crippen LogP contribution in [0.25, 0.3) is 0 Å². The molecular weight excluding hydrogens is 326 g/mol. The van der Waals surface area contributed by atoms with Gasteiger partial charge >= 0.3 is 5.97 Å². The first-order valence-corrected chi connectivity index (χ1v) is 8.59. The van der Waals surface area contributed by atoms with Crippen molar-refractivity contribution in [2.24, 2.45) is 4.40 Å². The molecule has 2 aromatic rings. The Hall–Kier alpha value is -2.73. The molecule has 24 heavy (non-hydrogen) atoms. The van der Waals surface area contributed by atoms with Crippen LogP contribution in [0.1, 0.15) is 11.1 Å². The van der Waals surface area contributed by atoms with Crippen LogP contribution in [0.3, 0.4) is 0 Å². The SMILES string of the molecule is COC(=O)/C=C/C(=N/S(=O)(=O)c1ccc(C)cc1)c1ccccc1. The summed E-state index contributed by atoms with van der Waals surface area (Å²) in [4.78, 5) is 11.4. The summed E-state index contributed by atoms with van der Waals surface area (Å²) in [5, 5.41) is 0. The van der Waals surface area contributed by atoms with E-state index in [1.165, 1.54) is 25.3 Å². The minimum Gasteiger partial charge on any atom is -0.466 e. The van der Waals surface area contributed by atoms with Crippen LogP contribution >= 0.6 is 0 Å². The van der Waals surface area contributed by atoms with Gasteiger partial charge in [-0.15, -0.1) is 0 Å². The maximum atomic E-state index is 12.5. The molecule has 6 heteroatoms. The molecule has 0 aromatic heterocycles. The Morgan fingerprint density at radius 3 is 2.21 bits per heavy atom. The second kappa shape index (κ2) is 7.70. The molecule has 0 fully saturated rings. The predicted octanol–water partition coefficient (Wildman–Crippen LogP) is 2.90. The molecule has 0 aliphatic carbocycles. The van der Waals surface area contributed by atoms with E-state index in [4.69, 9.17) is 0 Å². The highest BCUT2D eigenvalue weighted by Gasteiger charge is 2.14. The average molecular weight is 343 g/mol. The average Bonchev–Trinajstić information content (AvgIpc) is 2.59. The van der Waals surface area contributed by atoms with Gasteiger partial charge in [0.15, 0.2) is 0 Å². The number of methoxy groups -OCH3 is 1. The minimum absolute atomic E-state index is 0.0907. The molecule has 0 saturated carbocycles. The lowest BCUT2D eigenvalue weighted by molar-refractivity contribution is -0.134. The van der Waals surface area contributed by atoms with Gasteiger partial charge in [0.05, 0.1) is 17.7 Å². The number of rotatable bonds is 5. The van der Waals surface area contributed by atoms with Crippen LogP contribution in [0.5, 0.6) is 0 Å². The molecule has 0 aliphatic rings. The van der Waals surface area contributed by atoms with E-state index in [0.29, 0.717) is 5.56 Å². The quantitative estimate of drug-likeness (QED) is 0.475. The molecule has 5 nitrogen and oxygen atoms in total. The van der Waals surface area contributed by atoms with E-state index in [0.717, 1.165) is 11.6 Å². The number of sulfonamides is 1. The Kier molecular flexibility index (Phi) is 5.65. The van der Waals surface area contributed by atoms with Crippen molar-refractivity contribution in [3.63, 3.8) is 0 Å². The zero-order chi connectivity index (χ0) is 17.6. The van der Waals surface area contributed by atoms with Gasteiger partial charge in [-0.3, -0.25) is 0 Å². The van der Waals surface area contributed by atoms with E-state index in [-0.39, 0.29) is 10.6 Å². The molecule has 2 rings (SSSR count). The Bertz CT molecular complexity index is 867. The molecule has 0 radical (unpaired) electrons. The highest BCUT2D eigenvalue weighted by Crippen LogP contribution is 2.15. The lowest BCUT2D eigenvalue weighted by atomic mass is 10.1. The number of carbonyl (C=O) groups excluding carboxylic acids is 1. The summed E-state index contributed by atoms with van der Waals surface area (Å²) in [5.41, 5.74) is 1.68. The van der Waals surface area contributed by atoms with Crippen LogP contribution in [-0.2, 0) is 19.6 Å². The normalized spacial score (nSPS) is 12.3. The Labute approximate surface area is 141 Å². The van der Waals surface area contributed by atoms with Gasteiger partial charge in [0.2, 0.25) is 0 Å². The molecule has 0 spiro atoms. The van der Waals surface area contributed by atoms with Crippen molar-refractivity contribution in [3.05, 3.63) is 77.9 Å². The van der Waals surface area contributed by atoms with Crippen LogP contribution in [0, 0.1) is 6.92 Å². The summed E-state index contributed by atoms with van der Waals surface area (Å²) in [6.07, 6.45) is 2.46. The maximum absolute atomic E-state index is 12.5. The second-order valence-electron chi connectivity index (χ2n) is 4.99. The first kappa shape index (κ1) is 17.6. The zero-order valence-corrected chi connectivity index (χ0v) is 14.2. The Morgan fingerprint density at radius 1 is 1.00 bits per heavy atom. The fourth-order valence-electron chi connectivity index (χ4n) is 1.90. The number of nitrogens with zero attached hydrogens (tertiary/aromatic N) is 1. The molecular formula is C18H17NO4S. The van der Waals surface area contributed by atoms with Crippen molar-refractivity contribution >= 4 is 21.7 Å². The highest BCUT2D eigenvalue weighted by atomic mass is 32.2. The predicted molar refractivity (Wildman–Crippen MR) is 92.5 cm³/mol. The number of hydrogen-bond donors (Lipinski definition) is 0. The number of hydrogen-bond acceptors (Lipinski definition) is 4. The third kappa shape index (κ3) is 4.63. The summed E-state index contributed by atoms with van der Waals surface area (Å²) in [5.74, 6) is -0.591. The highest BCUT2D eigenvalue weighted by molar-refractivity contribution is 7.90. The van der Waals surface area contributed by atoms with Crippen LogP contribution in [0.4, 0.5) is 0 Å². The summed E-state index contributed by atoms with van der Waals surface area (Å²) in [7, 11) is -2.65. The monoisotopic (exact) mass is 343 g/mol. The third-order valence-electron chi connectivity index (χ3n) is 3.19. The van der Waals surface area contributed by atoms with E-state index >= 15 is 0 Å². The van der Waals surface area contributed by atoms with Crippen LogP contribution in [0.15, 0.2) is 76.0 Å². The minimum atomic E-state index is -3.89. The summed E-state index contributed by atoms with van der Waals surface area (Å²) in [6.45, 7) is 1.87. The Morgan fingerprint density at radius 2 is 1.62 bits per heavy atom. The largest absolute Gasteiger partial charge is 0.466 e. The van der Waals surface area contributed by atoms with Crippen LogP contribution in [-0.4, -0.2) is 27.2 Å². The smallest absolute Gasteiger partial charge is 0.330 e. The molecule has 0 amide bonds. The first-order valence-electron chi connectivity index (χ1n) is 7.15. The maximum Gasteiger partial charge on any atom is 0.330 e. The van der Waals surface area contributed by atoms with E-state index in [1.807, 2.05) is 6.92 Å². The van der Waals surface area contributed by atoms with E-state index in [9.17, 15) is 13.2 Å². The fourth-order valence-corrected chi connectivity index (χ4v) is 2.91. The van der Waals surface area contributed by atoms with Gasteiger partial charge in [0, 0.05) is 11.6 Å². The number of allylic oxidation sites excluding steroid dienone is 1. The van der Waals surface area contributed by atoms with Crippen molar-refractivity contribution in [2.75, 3.05) is 7.11 Å². The van der Waals surface area contributed by atoms with Crippen molar-refractivity contribution < 1.29 is 17.9 Å². The number of carbonyl (C=O) groups is 1. The molecule has 0 N–H and O–H groups in total. The van der Waals surface area contributed by atoms with E-state index in [2.05, 4.69) is 9.13 Å². The third-order valence-corrected chi connectivity index (χ3v) is 4.49. The topological polar surface area (TPSA) is 72.8 Å². The number of benzene rings is 2. The van der Waals surface area contributed by atoms with Gasteiger partial charge in [0.1, 0.15) is 0 Å². The van der Waals surface area contributed by atoms with Crippen molar-refractivity contribution in [1.82, 2.24) is 0 Å². The lowest BCUT2D eigenvalue weighted by Gasteiger charge is -2.04. The van der Waals surface area contributed by atoms with Crippen molar-refractivity contribution in [3.8, 4) is 0 Å². The molecule has 0 saturated heterocycles. The molecule has 2 aromatic carbocycles. The van der Waals surface area contributed by atoms with E-state index in [1.54, 1.807) is 42.5 Å². The van der Waals surface area contributed by atoms with Gasteiger partial charge in [-0.05, 0) is 25.1 Å². The van der Waals surface area contributed by atoms with Gasteiger partial charge in [0.25, 0.3) is 10.0 Å². The summed E-state index contributed by atoms with van der Waals surface area (Å²) < 4.78 is 33.4. The summed E-state index contributed by atoms with van der Waals surface area (Å²) in [6, 6.07) is 15.2. The molecule has 124 valence electrons. The second-order valence-corrected chi connectivity index (χ2v) is 6.59. The van der Waals surface area contributed by atoms with Gasteiger partial charge in [-0.2, -0.15) is 12.8 Å². The first-order chi connectivity index (χ1) is 11.4. The number of esters is 1.